The van der Waals surface area contributed by atoms with Gasteiger partial charge in [0.2, 0.25) is 5.91 Å². The van der Waals surface area contributed by atoms with Gasteiger partial charge in [-0.05, 0) is 36.7 Å². The van der Waals surface area contributed by atoms with Crippen LogP contribution in [0.3, 0.4) is 0 Å². The molecule has 0 spiro atoms. The van der Waals surface area contributed by atoms with Gasteiger partial charge in [0.15, 0.2) is 0 Å². The summed E-state index contributed by atoms with van der Waals surface area (Å²) in [6, 6.07) is 10.5. The van der Waals surface area contributed by atoms with Crippen LogP contribution in [0.1, 0.15) is 51.5 Å². The molecule has 1 aromatic carbocycles. The number of hydrogen-bond donors (Lipinski definition) is 2. The van der Waals surface area contributed by atoms with Gasteiger partial charge in [0.1, 0.15) is 0 Å². The molecule has 1 aromatic rings. The van der Waals surface area contributed by atoms with E-state index in [2.05, 4.69) is 24.5 Å². The van der Waals surface area contributed by atoms with E-state index in [0.717, 1.165) is 5.56 Å². The second-order valence-corrected chi connectivity index (χ2v) is 6.94. The summed E-state index contributed by atoms with van der Waals surface area (Å²) in [5, 5.41) is 6.39. The van der Waals surface area contributed by atoms with Crippen LogP contribution in [0.15, 0.2) is 30.3 Å². The van der Waals surface area contributed by atoms with Crippen molar-refractivity contribution in [2.75, 3.05) is 6.54 Å². The first kappa shape index (κ1) is 16.0. The van der Waals surface area contributed by atoms with Crippen LogP contribution in [-0.2, 0) is 11.3 Å². The molecule has 0 bridgehead atoms. The minimum absolute atomic E-state index is 0.0855. The number of benzene rings is 1. The zero-order valence-corrected chi connectivity index (χ0v) is 13.3. The molecule has 0 heterocycles. The summed E-state index contributed by atoms with van der Waals surface area (Å²) in [7, 11) is 0. The standard InChI is InChI=1S/C18H28N2O/c1-18(2)11-6-9-16(10-12-18)19-14-17(21)20-13-15-7-4-3-5-8-15/h3-5,7-8,16,19H,6,9-14H2,1-2H3,(H,20,21). The first-order chi connectivity index (χ1) is 10.1. The maximum Gasteiger partial charge on any atom is 0.234 e. The molecule has 2 N–H and O–H groups in total. The molecule has 1 aliphatic carbocycles. The molecular weight excluding hydrogens is 260 g/mol. The van der Waals surface area contributed by atoms with Crippen molar-refractivity contribution in [2.24, 2.45) is 5.41 Å². The summed E-state index contributed by atoms with van der Waals surface area (Å²) in [6.45, 7) is 5.74. The van der Waals surface area contributed by atoms with Gasteiger partial charge in [0.25, 0.3) is 0 Å². The van der Waals surface area contributed by atoms with Gasteiger partial charge in [-0.2, -0.15) is 0 Å². The maximum absolute atomic E-state index is 11.9. The van der Waals surface area contributed by atoms with E-state index in [4.69, 9.17) is 0 Å². The Morgan fingerprint density at radius 3 is 2.71 bits per heavy atom. The molecule has 1 saturated carbocycles. The lowest BCUT2D eigenvalue weighted by Crippen LogP contribution is -2.38. The monoisotopic (exact) mass is 288 g/mol. The van der Waals surface area contributed by atoms with Gasteiger partial charge in [0, 0.05) is 12.6 Å². The Morgan fingerprint density at radius 2 is 1.95 bits per heavy atom. The molecule has 1 unspecified atom stereocenters. The molecule has 0 radical (unpaired) electrons. The van der Waals surface area contributed by atoms with Gasteiger partial charge >= 0.3 is 0 Å². The topological polar surface area (TPSA) is 41.1 Å². The van der Waals surface area contributed by atoms with Crippen LogP contribution >= 0.6 is 0 Å². The lowest BCUT2D eigenvalue weighted by Gasteiger charge is -2.22. The Labute approximate surface area is 128 Å². The molecule has 3 heteroatoms. The third kappa shape index (κ3) is 5.88. The molecular formula is C18H28N2O. The Bertz CT molecular complexity index is 442. The minimum Gasteiger partial charge on any atom is -0.351 e. The van der Waals surface area contributed by atoms with Crippen molar-refractivity contribution in [1.29, 1.82) is 0 Å². The quantitative estimate of drug-likeness (QED) is 0.817. The Morgan fingerprint density at radius 1 is 1.19 bits per heavy atom. The fraction of sp³-hybridized carbons (Fsp3) is 0.611. The largest absolute Gasteiger partial charge is 0.351 e. The third-order valence-corrected chi connectivity index (χ3v) is 4.46. The Balaban J connectivity index is 1.67. The number of hydrogen-bond acceptors (Lipinski definition) is 2. The molecule has 1 fully saturated rings. The smallest absolute Gasteiger partial charge is 0.234 e. The van der Waals surface area contributed by atoms with Gasteiger partial charge in [-0.25, -0.2) is 0 Å². The first-order valence-corrected chi connectivity index (χ1v) is 8.09. The minimum atomic E-state index is 0.0855. The highest BCUT2D eigenvalue weighted by Gasteiger charge is 2.24. The van der Waals surface area contributed by atoms with Crippen molar-refractivity contribution in [1.82, 2.24) is 10.6 Å². The van der Waals surface area contributed by atoms with Crippen LogP contribution in [0, 0.1) is 5.41 Å². The highest BCUT2D eigenvalue weighted by atomic mass is 16.1. The van der Waals surface area contributed by atoms with Crippen LogP contribution in [0.25, 0.3) is 0 Å². The first-order valence-electron chi connectivity index (χ1n) is 8.09. The highest BCUT2D eigenvalue weighted by Crippen LogP contribution is 2.33. The van der Waals surface area contributed by atoms with Gasteiger partial charge in [-0.3, -0.25) is 4.79 Å². The van der Waals surface area contributed by atoms with Gasteiger partial charge in [-0.1, -0.05) is 50.6 Å². The average Bonchev–Trinajstić information content (AvgIpc) is 2.65. The maximum atomic E-state index is 11.9. The van der Waals surface area contributed by atoms with Crippen LogP contribution in [0.4, 0.5) is 0 Å². The zero-order valence-electron chi connectivity index (χ0n) is 13.3. The average molecular weight is 288 g/mol. The van der Waals surface area contributed by atoms with E-state index in [1.165, 1.54) is 32.1 Å². The SMILES string of the molecule is CC1(C)CCCC(NCC(=O)NCc2ccccc2)CC1. The van der Waals surface area contributed by atoms with Crippen molar-refractivity contribution in [3.63, 3.8) is 0 Å². The lowest BCUT2D eigenvalue weighted by atomic mass is 9.85. The molecule has 0 saturated heterocycles. The lowest BCUT2D eigenvalue weighted by molar-refractivity contribution is -0.120. The molecule has 2 rings (SSSR count). The predicted octanol–water partition coefficient (Wildman–Crippen LogP) is 3.25. The van der Waals surface area contributed by atoms with E-state index in [1.54, 1.807) is 0 Å². The van der Waals surface area contributed by atoms with Crippen molar-refractivity contribution >= 4 is 5.91 Å². The molecule has 1 amide bonds. The molecule has 21 heavy (non-hydrogen) atoms. The number of rotatable bonds is 5. The fourth-order valence-electron chi connectivity index (χ4n) is 2.96. The summed E-state index contributed by atoms with van der Waals surface area (Å²) < 4.78 is 0. The van der Waals surface area contributed by atoms with E-state index < -0.39 is 0 Å². The molecule has 3 nitrogen and oxygen atoms in total. The van der Waals surface area contributed by atoms with E-state index in [9.17, 15) is 4.79 Å². The van der Waals surface area contributed by atoms with E-state index >= 15 is 0 Å². The van der Waals surface area contributed by atoms with Crippen molar-refractivity contribution in [3.05, 3.63) is 35.9 Å². The van der Waals surface area contributed by atoms with E-state index in [1.807, 2.05) is 30.3 Å². The van der Waals surface area contributed by atoms with E-state index in [0.29, 0.717) is 24.5 Å². The second-order valence-electron chi connectivity index (χ2n) is 6.94. The van der Waals surface area contributed by atoms with Gasteiger partial charge in [-0.15, -0.1) is 0 Å². The highest BCUT2D eigenvalue weighted by molar-refractivity contribution is 5.78. The Kier molecular flexibility index (Phi) is 5.80. The predicted molar refractivity (Wildman–Crippen MR) is 86.9 cm³/mol. The summed E-state index contributed by atoms with van der Waals surface area (Å²) in [5.41, 5.74) is 1.61. The van der Waals surface area contributed by atoms with Crippen LogP contribution < -0.4 is 10.6 Å². The molecule has 0 aliphatic heterocycles. The van der Waals surface area contributed by atoms with Gasteiger partial charge in [0.05, 0.1) is 6.54 Å². The zero-order chi connectivity index (χ0) is 15.1. The summed E-state index contributed by atoms with van der Waals surface area (Å²) in [4.78, 5) is 11.9. The number of carbonyl (C=O) groups excluding carboxylic acids is 1. The van der Waals surface area contributed by atoms with Crippen molar-refractivity contribution in [2.45, 2.75) is 58.5 Å². The van der Waals surface area contributed by atoms with Crippen molar-refractivity contribution < 1.29 is 4.79 Å². The number of carbonyl (C=O) groups is 1. The Hall–Kier alpha value is -1.35. The number of amides is 1. The molecule has 1 aliphatic rings. The van der Waals surface area contributed by atoms with Crippen LogP contribution in [0.5, 0.6) is 0 Å². The van der Waals surface area contributed by atoms with Crippen molar-refractivity contribution in [3.8, 4) is 0 Å². The third-order valence-electron chi connectivity index (χ3n) is 4.46. The molecule has 1 atom stereocenters. The number of nitrogens with one attached hydrogen (secondary N) is 2. The van der Waals surface area contributed by atoms with E-state index in [-0.39, 0.29) is 5.91 Å². The summed E-state index contributed by atoms with van der Waals surface area (Å²) >= 11 is 0. The summed E-state index contributed by atoms with van der Waals surface area (Å²) in [5.74, 6) is 0.0855. The van der Waals surface area contributed by atoms with Crippen LogP contribution in [-0.4, -0.2) is 18.5 Å². The van der Waals surface area contributed by atoms with Gasteiger partial charge < -0.3 is 10.6 Å². The molecule has 0 aromatic heterocycles. The fourth-order valence-corrected chi connectivity index (χ4v) is 2.96. The van der Waals surface area contributed by atoms with Crippen LogP contribution in [0.2, 0.25) is 0 Å². The normalized spacial score (nSPS) is 21.5. The second kappa shape index (κ2) is 7.60. The summed E-state index contributed by atoms with van der Waals surface area (Å²) in [6.07, 6.45) is 6.17. The molecule has 116 valence electrons.